The van der Waals surface area contributed by atoms with Gasteiger partial charge in [-0.25, -0.2) is 0 Å². The molecule has 1 amide bonds. The predicted molar refractivity (Wildman–Crippen MR) is 62.6 cm³/mol. The van der Waals surface area contributed by atoms with Gasteiger partial charge in [-0.15, -0.1) is 0 Å². The average molecular weight is 241 g/mol. The summed E-state index contributed by atoms with van der Waals surface area (Å²) in [5, 5.41) is 8.85. The molecule has 5 heteroatoms. The summed E-state index contributed by atoms with van der Waals surface area (Å²) in [5.74, 6) is -1.20. The van der Waals surface area contributed by atoms with E-state index in [1.54, 1.807) is 0 Å². The van der Waals surface area contributed by atoms with Crippen LogP contribution in [-0.2, 0) is 14.3 Å². The van der Waals surface area contributed by atoms with Gasteiger partial charge in [0, 0.05) is 25.3 Å². The first-order valence-corrected chi connectivity index (χ1v) is 5.75. The van der Waals surface area contributed by atoms with Crippen LogP contribution in [0.4, 0.5) is 0 Å². The van der Waals surface area contributed by atoms with Crippen LogP contribution in [0.15, 0.2) is 11.6 Å². The molecule has 1 fully saturated rings. The van der Waals surface area contributed by atoms with Crippen LogP contribution in [0.25, 0.3) is 0 Å². The number of carboxylic acids is 1. The van der Waals surface area contributed by atoms with Crippen LogP contribution < -0.4 is 0 Å². The fourth-order valence-electron chi connectivity index (χ4n) is 1.86. The number of rotatable bonds is 4. The first-order chi connectivity index (χ1) is 8.00. The van der Waals surface area contributed by atoms with Gasteiger partial charge in [-0.1, -0.05) is 5.57 Å². The maximum atomic E-state index is 11.9. The smallest absolute Gasteiger partial charge is 0.323 e. The summed E-state index contributed by atoms with van der Waals surface area (Å²) in [7, 11) is 0. The third-order valence-electron chi connectivity index (χ3n) is 2.63. The third-order valence-corrected chi connectivity index (χ3v) is 2.63. The summed E-state index contributed by atoms with van der Waals surface area (Å²) in [6.07, 6.45) is 2.89. The van der Waals surface area contributed by atoms with Crippen LogP contribution in [0.2, 0.25) is 0 Å². The van der Waals surface area contributed by atoms with Gasteiger partial charge in [0.25, 0.3) is 0 Å². The number of aliphatic carboxylic acids is 1. The number of nitrogens with zero attached hydrogens (tertiary/aromatic N) is 1. The molecular formula is C12H19NO4. The van der Waals surface area contributed by atoms with E-state index in [2.05, 4.69) is 0 Å². The van der Waals surface area contributed by atoms with Crippen LogP contribution in [0.1, 0.15) is 26.7 Å². The molecule has 96 valence electrons. The first-order valence-electron chi connectivity index (χ1n) is 5.75. The van der Waals surface area contributed by atoms with Gasteiger partial charge in [-0.2, -0.15) is 0 Å². The number of carbonyl (C=O) groups excluding carboxylic acids is 1. The lowest BCUT2D eigenvalue weighted by atomic mass is 10.1. The summed E-state index contributed by atoms with van der Waals surface area (Å²) >= 11 is 0. The molecule has 0 aliphatic carbocycles. The van der Waals surface area contributed by atoms with Gasteiger partial charge < -0.3 is 14.7 Å². The van der Waals surface area contributed by atoms with Crippen molar-refractivity contribution in [2.75, 3.05) is 19.8 Å². The SMILES string of the molecule is CC(C)=CC(=O)N(CC(=O)O)C1CCOCC1. The summed E-state index contributed by atoms with van der Waals surface area (Å²) in [5.41, 5.74) is 0.873. The van der Waals surface area contributed by atoms with E-state index in [0.29, 0.717) is 26.1 Å². The zero-order valence-corrected chi connectivity index (χ0v) is 10.3. The van der Waals surface area contributed by atoms with Gasteiger partial charge in [0.1, 0.15) is 6.54 Å². The fourth-order valence-corrected chi connectivity index (χ4v) is 1.86. The Bertz CT molecular complexity index is 314. The lowest BCUT2D eigenvalue weighted by molar-refractivity contribution is -0.145. The summed E-state index contributed by atoms with van der Waals surface area (Å²) < 4.78 is 5.21. The average Bonchev–Trinajstić information content (AvgIpc) is 2.25. The minimum absolute atomic E-state index is 0.0250. The van der Waals surface area contributed by atoms with E-state index in [0.717, 1.165) is 5.57 Å². The Morgan fingerprint density at radius 2 is 1.94 bits per heavy atom. The molecule has 5 nitrogen and oxygen atoms in total. The Kier molecular flexibility index (Phi) is 5.15. The lowest BCUT2D eigenvalue weighted by Gasteiger charge is -2.32. The van der Waals surface area contributed by atoms with Crippen LogP contribution in [0, 0.1) is 0 Å². The number of carboxylic acid groups (broad SMARTS) is 1. The van der Waals surface area contributed by atoms with Crippen molar-refractivity contribution in [2.45, 2.75) is 32.7 Å². The molecule has 0 atom stereocenters. The van der Waals surface area contributed by atoms with E-state index < -0.39 is 5.97 Å². The molecule has 1 saturated heterocycles. The van der Waals surface area contributed by atoms with Gasteiger partial charge >= 0.3 is 5.97 Å². The topological polar surface area (TPSA) is 66.8 Å². The molecule has 0 unspecified atom stereocenters. The molecule has 1 rings (SSSR count). The number of hydrogen-bond acceptors (Lipinski definition) is 3. The molecule has 0 spiro atoms. The zero-order chi connectivity index (χ0) is 12.8. The molecule has 1 aliphatic rings. The third kappa shape index (κ3) is 4.56. The number of ether oxygens (including phenoxy) is 1. The van der Waals surface area contributed by atoms with E-state index in [-0.39, 0.29) is 18.5 Å². The van der Waals surface area contributed by atoms with Crippen molar-refractivity contribution in [3.63, 3.8) is 0 Å². The van der Waals surface area contributed by atoms with E-state index in [1.165, 1.54) is 11.0 Å². The molecule has 0 bridgehead atoms. The molecule has 0 saturated carbocycles. The Morgan fingerprint density at radius 1 is 1.35 bits per heavy atom. The van der Waals surface area contributed by atoms with Gasteiger partial charge in [-0.05, 0) is 26.7 Å². The highest BCUT2D eigenvalue weighted by molar-refractivity contribution is 5.90. The van der Waals surface area contributed by atoms with E-state index >= 15 is 0 Å². The van der Waals surface area contributed by atoms with Gasteiger partial charge in [-0.3, -0.25) is 9.59 Å². The van der Waals surface area contributed by atoms with Crippen molar-refractivity contribution >= 4 is 11.9 Å². The standard InChI is InChI=1S/C12H19NO4/c1-9(2)7-11(14)13(8-12(15)16)10-3-5-17-6-4-10/h7,10H,3-6,8H2,1-2H3,(H,15,16). The second-order valence-electron chi connectivity index (χ2n) is 4.43. The van der Waals surface area contributed by atoms with Crippen molar-refractivity contribution in [2.24, 2.45) is 0 Å². The number of hydrogen-bond donors (Lipinski definition) is 1. The van der Waals surface area contributed by atoms with Crippen LogP contribution >= 0.6 is 0 Å². The quantitative estimate of drug-likeness (QED) is 0.747. The Labute approximate surface area is 101 Å². The maximum Gasteiger partial charge on any atom is 0.323 e. The zero-order valence-electron chi connectivity index (χ0n) is 10.3. The monoisotopic (exact) mass is 241 g/mol. The number of amides is 1. The highest BCUT2D eigenvalue weighted by atomic mass is 16.5. The highest BCUT2D eigenvalue weighted by Crippen LogP contribution is 2.15. The summed E-state index contributed by atoms with van der Waals surface area (Å²) in [4.78, 5) is 24.2. The molecule has 0 aromatic rings. The van der Waals surface area contributed by atoms with E-state index in [1.807, 2.05) is 13.8 Å². The molecule has 1 heterocycles. The van der Waals surface area contributed by atoms with Crippen LogP contribution in [0.3, 0.4) is 0 Å². The Hall–Kier alpha value is -1.36. The van der Waals surface area contributed by atoms with Crippen molar-refractivity contribution in [1.29, 1.82) is 0 Å². The Morgan fingerprint density at radius 3 is 2.41 bits per heavy atom. The van der Waals surface area contributed by atoms with Gasteiger partial charge in [0.05, 0.1) is 0 Å². The number of carbonyl (C=O) groups is 2. The maximum absolute atomic E-state index is 11.9. The second kappa shape index (κ2) is 6.39. The second-order valence-corrected chi connectivity index (χ2v) is 4.43. The molecule has 0 radical (unpaired) electrons. The summed E-state index contributed by atoms with van der Waals surface area (Å²) in [6.45, 7) is 4.57. The van der Waals surface area contributed by atoms with Crippen LogP contribution in [-0.4, -0.2) is 47.7 Å². The minimum Gasteiger partial charge on any atom is -0.480 e. The normalized spacial score (nSPS) is 16.4. The van der Waals surface area contributed by atoms with Gasteiger partial charge in [0.2, 0.25) is 5.91 Å². The molecule has 1 aliphatic heterocycles. The van der Waals surface area contributed by atoms with Crippen molar-refractivity contribution < 1.29 is 19.4 Å². The molecule has 0 aromatic carbocycles. The minimum atomic E-state index is -0.980. The van der Waals surface area contributed by atoms with Gasteiger partial charge in [0.15, 0.2) is 0 Å². The van der Waals surface area contributed by atoms with Crippen LogP contribution in [0.5, 0.6) is 0 Å². The molecule has 1 N–H and O–H groups in total. The van der Waals surface area contributed by atoms with Crippen molar-refractivity contribution in [3.8, 4) is 0 Å². The molecule has 17 heavy (non-hydrogen) atoms. The first kappa shape index (κ1) is 13.7. The Balaban J connectivity index is 2.74. The fraction of sp³-hybridized carbons (Fsp3) is 0.667. The van der Waals surface area contributed by atoms with E-state index in [9.17, 15) is 9.59 Å². The van der Waals surface area contributed by atoms with Crippen molar-refractivity contribution in [1.82, 2.24) is 4.90 Å². The molecular weight excluding hydrogens is 222 g/mol. The predicted octanol–water partition coefficient (Wildman–Crippen LogP) is 1.04. The van der Waals surface area contributed by atoms with E-state index in [4.69, 9.17) is 9.84 Å². The lowest BCUT2D eigenvalue weighted by Crippen LogP contribution is -2.45. The summed E-state index contributed by atoms with van der Waals surface area (Å²) in [6, 6.07) is -0.0250. The highest BCUT2D eigenvalue weighted by Gasteiger charge is 2.26. The molecule has 0 aromatic heterocycles. The van der Waals surface area contributed by atoms with Crippen molar-refractivity contribution in [3.05, 3.63) is 11.6 Å². The number of allylic oxidation sites excluding steroid dienone is 1. The largest absolute Gasteiger partial charge is 0.480 e.